The number of pyridine rings is 1. The summed E-state index contributed by atoms with van der Waals surface area (Å²) in [5, 5.41) is 6.90. The molecular weight excluding hydrogens is 397 g/mol. The highest BCUT2D eigenvalue weighted by Crippen LogP contribution is 2.23. The van der Waals surface area contributed by atoms with Gasteiger partial charge in [0.15, 0.2) is 0 Å². The van der Waals surface area contributed by atoms with E-state index in [1.807, 2.05) is 19.3 Å². The highest BCUT2D eigenvalue weighted by Gasteiger charge is 2.13. The summed E-state index contributed by atoms with van der Waals surface area (Å²) in [5.74, 6) is -0.680. The molecule has 0 aliphatic carbocycles. The Balaban J connectivity index is 1.41. The number of hydrogen-bond donors (Lipinski definition) is 1. The fourth-order valence-electron chi connectivity index (χ4n) is 3.47. The van der Waals surface area contributed by atoms with Gasteiger partial charge in [-0.3, -0.25) is 19.4 Å². The number of morpholine rings is 1. The van der Waals surface area contributed by atoms with Crippen LogP contribution in [-0.2, 0) is 23.1 Å². The van der Waals surface area contributed by atoms with E-state index in [9.17, 15) is 9.18 Å². The number of carbonyl (C=O) groups is 1. The lowest BCUT2D eigenvalue weighted by Crippen LogP contribution is -2.35. The van der Waals surface area contributed by atoms with E-state index >= 15 is 0 Å². The smallest absolute Gasteiger partial charge is 0.248 e. The molecule has 0 saturated carbocycles. The summed E-state index contributed by atoms with van der Waals surface area (Å²) in [6.07, 6.45) is 10.1. The van der Waals surface area contributed by atoms with Crippen molar-refractivity contribution in [2.75, 3.05) is 31.6 Å². The van der Waals surface area contributed by atoms with E-state index in [1.54, 1.807) is 41.5 Å². The average molecular weight is 421 g/mol. The molecule has 3 heterocycles. The number of nitrogens with zero attached hydrogens (tertiary/aromatic N) is 4. The fraction of sp³-hybridized carbons (Fsp3) is 0.261. The molecule has 1 saturated heterocycles. The number of amides is 1. The molecule has 0 bridgehead atoms. The third-order valence-electron chi connectivity index (χ3n) is 5.10. The summed E-state index contributed by atoms with van der Waals surface area (Å²) >= 11 is 0. The zero-order valence-electron chi connectivity index (χ0n) is 17.3. The Kier molecular flexibility index (Phi) is 6.49. The zero-order chi connectivity index (χ0) is 21.6. The summed E-state index contributed by atoms with van der Waals surface area (Å²) < 4.78 is 21.5. The molecule has 1 aliphatic rings. The summed E-state index contributed by atoms with van der Waals surface area (Å²) in [6, 6.07) is 6.66. The molecule has 2 aromatic heterocycles. The molecule has 3 aromatic rings. The molecule has 4 rings (SSSR count). The average Bonchev–Trinajstić information content (AvgIpc) is 3.21. The Morgan fingerprint density at radius 1 is 1.26 bits per heavy atom. The number of ether oxygens (including phenoxy) is 1. The lowest BCUT2D eigenvalue weighted by Gasteiger charge is -2.26. The van der Waals surface area contributed by atoms with Crippen LogP contribution in [0.1, 0.15) is 11.1 Å². The quantitative estimate of drug-likeness (QED) is 0.620. The second kappa shape index (κ2) is 9.63. The van der Waals surface area contributed by atoms with Gasteiger partial charge in [-0.25, -0.2) is 4.39 Å². The Hall–Kier alpha value is -3.36. The summed E-state index contributed by atoms with van der Waals surface area (Å²) in [5.41, 5.74) is 3.66. The minimum atomic E-state index is -0.346. The third kappa shape index (κ3) is 5.42. The molecular formula is C23H24FN5O2. The van der Waals surface area contributed by atoms with E-state index in [4.69, 9.17) is 4.74 Å². The van der Waals surface area contributed by atoms with Crippen LogP contribution in [0.25, 0.3) is 17.2 Å². The fourth-order valence-corrected chi connectivity index (χ4v) is 3.47. The van der Waals surface area contributed by atoms with Crippen molar-refractivity contribution in [1.29, 1.82) is 0 Å². The molecule has 1 aliphatic heterocycles. The molecule has 0 radical (unpaired) electrons. The first-order valence-corrected chi connectivity index (χ1v) is 10.1. The van der Waals surface area contributed by atoms with E-state index in [2.05, 4.69) is 20.3 Å². The number of nitrogens with one attached hydrogen (secondary N) is 1. The number of halogens is 1. The SMILES string of the molecule is Cn1cc(-c2ccncc2/C=C/C(=O)Nc2ccc(CN3CCOCC3)c(F)c2)cn1. The van der Waals surface area contributed by atoms with Crippen molar-refractivity contribution in [1.82, 2.24) is 19.7 Å². The van der Waals surface area contributed by atoms with E-state index in [1.165, 1.54) is 12.1 Å². The minimum Gasteiger partial charge on any atom is -0.379 e. The number of anilines is 1. The minimum absolute atomic E-state index is 0.334. The maximum absolute atomic E-state index is 14.5. The number of aryl methyl sites for hydroxylation is 1. The maximum atomic E-state index is 14.5. The lowest BCUT2D eigenvalue weighted by molar-refractivity contribution is -0.111. The Morgan fingerprint density at radius 2 is 2.10 bits per heavy atom. The van der Waals surface area contributed by atoms with Crippen LogP contribution < -0.4 is 5.32 Å². The topological polar surface area (TPSA) is 72.3 Å². The lowest BCUT2D eigenvalue weighted by atomic mass is 10.0. The van der Waals surface area contributed by atoms with E-state index < -0.39 is 0 Å². The highest BCUT2D eigenvalue weighted by atomic mass is 19.1. The molecule has 1 fully saturated rings. The van der Waals surface area contributed by atoms with Crippen LogP contribution in [0.4, 0.5) is 10.1 Å². The van der Waals surface area contributed by atoms with Crippen molar-refractivity contribution in [3.8, 4) is 11.1 Å². The highest BCUT2D eigenvalue weighted by molar-refractivity contribution is 6.02. The number of benzene rings is 1. The molecule has 1 N–H and O–H groups in total. The van der Waals surface area contributed by atoms with Crippen molar-refractivity contribution in [2.45, 2.75) is 6.54 Å². The molecule has 0 atom stereocenters. The Bertz CT molecular complexity index is 1090. The molecule has 0 spiro atoms. The van der Waals surface area contributed by atoms with Crippen LogP contribution in [0.5, 0.6) is 0 Å². The first-order chi connectivity index (χ1) is 15.1. The predicted molar refractivity (Wildman–Crippen MR) is 117 cm³/mol. The molecule has 160 valence electrons. The van der Waals surface area contributed by atoms with Crippen molar-refractivity contribution in [3.63, 3.8) is 0 Å². The van der Waals surface area contributed by atoms with E-state index in [0.29, 0.717) is 31.0 Å². The van der Waals surface area contributed by atoms with Gasteiger partial charge in [-0.15, -0.1) is 0 Å². The zero-order valence-corrected chi connectivity index (χ0v) is 17.3. The van der Waals surface area contributed by atoms with Gasteiger partial charge < -0.3 is 10.1 Å². The largest absolute Gasteiger partial charge is 0.379 e. The first-order valence-electron chi connectivity index (χ1n) is 10.1. The van der Waals surface area contributed by atoms with Crippen molar-refractivity contribution >= 4 is 17.7 Å². The summed E-state index contributed by atoms with van der Waals surface area (Å²) in [7, 11) is 1.85. The Labute approximate surface area is 180 Å². The van der Waals surface area contributed by atoms with Crippen LogP contribution >= 0.6 is 0 Å². The predicted octanol–water partition coefficient (Wildman–Crippen LogP) is 3.11. The van der Waals surface area contributed by atoms with Crippen molar-refractivity contribution < 1.29 is 13.9 Å². The molecule has 0 unspecified atom stereocenters. The van der Waals surface area contributed by atoms with Gasteiger partial charge in [0.25, 0.3) is 0 Å². The molecule has 31 heavy (non-hydrogen) atoms. The molecule has 1 amide bonds. The van der Waals surface area contributed by atoms with Gasteiger partial charge in [0.1, 0.15) is 5.82 Å². The molecule has 1 aromatic carbocycles. The van der Waals surface area contributed by atoms with Gasteiger partial charge in [0.2, 0.25) is 5.91 Å². The van der Waals surface area contributed by atoms with Gasteiger partial charge in [-0.2, -0.15) is 5.10 Å². The van der Waals surface area contributed by atoms with Crippen LogP contribution in [0.15, 0.2) is 55.1 Å². The maximum Gasteiger partial charge on any atom is 0.248 e. The second-order valence-corrected chi connectivity index (χ2v) is 7.38. The molecule has 8 heteroatoms. The normalized spacial score (nSPS) is 14.8. The van der Waals surface area contributed by atoms with Crippen LogP contribution in [-0.4, -0.2) is 51.9 Å². The van der Waals surface area contributed by atoms with Crippen molar-refractivity contribution in [3.05, 3.63) is 72.1 Å². The first kappa shape index (κ1) is 20.9. The van der Waals surface area contributed by atoms with Crippen LogP contribution in [0, 0.1) is 5.82 Å². The van der Waals surface area contributed by atoms with Crippen LogP contribution in [0.3, 0.4) is 0 Å². The number of hydrogen-bond acceptors (Lipinski definition) is 5. The standard InChI is InChI=1S/C23H24FN5O2/c1-28-15-19(14-26-28)21-6-7-25-13-17(21)3-5-23(30)27-20-4-2-18(22(24)12-20)16-29-8-10-31-11-9-29/h2-7,12-15H,8-11,16H2,1H3,(H,27,30)/b5-3+. The number of aromatic nitrogens is 3. The van der Waals surface area contributed by atoms with Gasteiger partial charge in [0.05, 0.1) is 19.4 Å². The summed E-state index contributed by atoms with van der Waals surface area (Å²) in [6.45, 7) is 3.45. The third-order valence-corrected chi connectivity index (χ3v) is 5.10. The van der Waals surface area contributed by atoms with Crippen molar-refractivity contribution in [2.24, 2.45) is 7.05 Å². The summed E-state index contributed by atoms with van der Waals surface area (Å²) in [4.78, 5) is 18.7. The molecule has 7 nitrogen and oxygen atoms in total. The van der Waals surface area contributed by atoms with Crippen LogP contribution in [0.2, 0.25) is 0 Å². The number of rotatable bonds is 6. The monoisotopic (exact) mass is 421 g/mol. The van der Waals surface area contributed by atoms with Gasteiger partial charge in [-0.05, 0) is 29.8 Å². The van der Waals surface area contributed by atoms with E-state index in [0.717, 1.165) is 29.8 Å². The number of carbonyl (C=O) groups excluding carboxylic acids is 1. The van der Waals surface area contributed by atoms with Gasteiger partial charge in [-0.1, -0.05) is 6.07 Å². The second-order valence-electron chi connectivity index (χ2n) is 7.38. The van der Waals surface area contributed by atoms with E-state index in [-0.39, 0.29) is 11.7 Å². The Morgan fingerprint density at radius 3 is 2.84 bits per heavy atom. The van der Waals surface area contributed by atoms with Gasteiger partial charge >= 0.3 is 0 Å². The van der Waals surface area contributed by atoms with Gasteiger partial charge in [0, 0.05) is 73.7 Å².